The van der Waals surface area contributed by atoms with Crippen molar-refractivity contribution in [2.45, 2.75) is 12.5 Å². The van der Waals surface area contributed by atoms with E-state index in [1.807, 2.05) is 24.3 Å². The summed E-state index contributed by atoms with van der Waals surface area (Å²) in [7, 11) is 0. The summed E-state index contributed by atoms with van der Waals surface area (Å²) in [6.45, 7) is 0. The van der Waals surface area contributed by atoms with Crippen molar-refractivity contribution in [3.63, 3.8) is 0 Å². The number of aliphatic imine (C=N–C) groups is 1. The maximum Gasteiger partial charge on any atom is 0.263 e. The fourth-order valence-corrected chi connectivity index (χ4v) is 2.93. The van der Waals surface area contributed by atoms with Crippen LogP contribution in [0.25, 0.3) is 0 Å². The van der Waals surface area contributed by atoms with E-state index >= 15 is 0 Å². The first-order valence-corrected chi connectivity index (χ1v) is 8.59. The normalized spacial score (nSPS) is 17.4. The average Bonchev–Trinajstić information content (AvgIpc) is 2.72. The third-order valence-electron chi connectivity index (χ3n) is 4.35. The highest BCUT2D eigenvalue weighted by molar-refractivity contribution is 6.14. The number of hydrogen-bond acceptors (Lipinski definition) is 6. The molecule has 0 aromatic heterocycles. The summed E-state index contributed by atoms with van der Waals surface area (Å²) < 4.78 is 26.1. The predicted molar refractivity (Wildman–Crippen MR) is 102 cm³/mol. The van der Waals surface area contributed by atoms with Crippen LogP contribution < -0.4 is 10.9 Å². The summed E-state index contributed by atoms with van der Waals surface area (Å²) in [4.78, 5) is 30.3. The van der Waals surface area contributed by atoms with Gasteiger partial charge >= 0.3 is 0 Å². The second-order valence-electron chi connectivity index (χ2n) is 6.27. The molecule has 2 aromatic carbocycles. The molecule has 2 N–H and O–H groups in total. The first kappa shape index (κ1) is 18.4. The number of carbonyl (C=O) groups excluding carboxylic acids is 2. The molecule has 4 rings (SSSR count). The number of rotatable bonds is 4. The molecule has 1 unspecified atom stereocenters. The highest BCUT2D eigenvalue weighted by atomic mass is 19.2. The maximum atomic E-state index is 13.2. The first-order valence-electron chi connectivity index (χ1n) is 8.59. The molecule has 0 aliphatic carbocycles. The minimum Gasteiger partial charge on any atom is -0.302 e. The zero-order valence-corrected chi connectivity index (χ0v) is 14.8. The molecule has 8 nitrogen and oxygen atoms in total. The zero-order chi connectivity index (χ0) is 20.4. The van der Waals surface area contributed by atoms with Crippen LogP contribution in [-0.2, 0) is 9.59 Å². The van der Waals surface area contributed by atoms with Crippen LogP contribution >= 0.6 is 0 Å². The molecule has 0 saturated carbocycles. The van der Waals surface area contributed by atoms with Crippen LogP contribution in [0.2, 0.25) is 0 Å². The lowest BCUT2D eigenvalue weighted by Crippen LogP contribution is -2.55. The quantitative estimate of drug-likeness (QED) is 0.607. The molecule has 0 fully saturated rings. The maximum absolute atomic E-state index is 13.2. The molecule has 2 heterocycles. The van der Waals surface area contributed by atoms with Gasteiger partial charge in [-0.3, -0.25) is 9.59 Å². The molecule has 2 aliphatic heterocycles. The van der Waals surface area contributed by atoms with Gasteiger partial charge in [-0.25, -0.2) is 24.6 Å². The van der Waals surface area contributed by atoms with E-state index < -0.39 is 29.5 Å². The minimum atomic E-state index is -1.02. The van der Waals surface area contributed by atoms with E-state index in [1.165, 1.54) is 23.5 Å². The summed E-state index contributed by atoms with van der Waals surface area (Å²) in [5.41, 5.74) is 6.40. The standard InChI is InChI=1S/C19H14F2N6O2/c20-13-6-5-11(7-14(13)21)9-23-24-17(28)8-16-19(29)26-25-18-12-3-1-2-4-15(12)22-10-27(16)18/h1-7,9-10,16H,8H2,(H,24,28)(H,26,29). The highest BCUT2D eigenvalue weighted by Crippen LogP contribution is 2.27. The second-order valence-corrected chi connectivity index (χ2v) is 6.27. The van der Waals surface area contributed by atoms with Gasteiger partial charge in [-0.1, -0.05) is 18.2 Å². The smallest absolute Gasteiger partial charge is 0.263 e. The van der Waals surface area contributed by atoms with Gasteiger partial charge in [-0.15, -0.1) is 0 Å². The lowest BCUT2D eigenvalue weighted by atomic mass is 10.1. The van der Waals surface area contributed by atoms with Gasteiger partial charge in [0.05, 0.1) is 24.7 Å². The van der Waals surface area contributed by atoms with Crippen molar-refractivity contribution in [3.05, 3.63) is 65.2 Å². The Balaban J connectivity index is 1.44. The Morgan fingerprint density at radius 2 is 2.07 bits per heavy atom. The minimum absolute atomic E-state index is 0.214. The van der Waals surface area contributed by atoms with Gasteiger partial charge < -0.3 is 4.90 Å². The molecule has 2 aliphatic rings. The van der Waals surface area contributed by atoms with Crippen molar-refractivity contribution in [1.82, 2.24) is 15.8 Å². The number of para-hydroxylation sites is 1. The Labute approximate surface area is 163 Å². The number of amidine groups is 1. The monoisotopic (exact) mass is 396 g/mol. The number of hydrogen-bond donors (Lipinski definition) is 2. The Morgan fingerprint density at radius 3 is 2.90 bits per heavy atom. The number of fused-ring (bicyclic) bond motifs is 3. The Kier molecular flexibility index (Phi) is 4.82. The van der Waals surface area contributed by atoms with Crippen molar-refractivity contribution in [1.29, 1.82) is 0 Å². The van der Waals surface area contributed by atoms with Gasteiger partial charge in [0.2, 0.25) is 5.91 Å². The molecular weight excluding hydrogens is 382 g/mol. The van der Waals surface area contributed by atoms with E-state index in [-0.39, 0.29) is 12.0 Å². The van der Waals surface area contributed by atoms with Gasteiger partial charge in [0, 0.05) is 5.56 Å². The van der Waals surface area contributed by atoms with Crippen LogP contribution in [0.1, 0.15) is 17.5 Å². The van der Waals surface area contributed by atoms with Gasteiger partial charge in [0.1, 0.15) is 6.04 Å². The SMILES string of the molecule is O=C(CC1C(=O)NN=C2c3ccccc3N=CN21)NN=Cc1ccc(F)c(F)c1. The lowest BCUT2D eigenvalue weighted by molar-refractivity contribution is -0.130. The van der Waals surface area contributed by atoms with Crippen LogP contribution in [0.4, 0.5) is 14.5 Å². The summed E-state index contributed by atoms with van der Waals surface area (Å²) >= 11 is 0. The molecular formula is C19H14F2N6O2. The Bertz CT molecular complexity index is 1080. The fraction of sp³-hybridized carbons (Fsp3) is 0.105. The van der Waals surface area contributed by atoms with Crippen molar-refractivity contribution in [2.24, 2.45) is 15.2 Å². The summed E-state index contributed by atoms with van der Waals surface area (Å²) in [6, 6.07) is 9.65. The van der Waals surface area contributed by atoms with Gasteiger partial charge in [0.25, 0.3) is 5.91 Å². The van der Waals surface area contributed by atoms with Crippen LogP contribution in [0.3, 0.4) is 0 Å². The van der Waals surface area contributed by atoms with Gasteiger partial charge in [-0.2, -0.15) is 10.2 Å². The third-order valence-corrected chi connectivity index (χ3v) is 4.35. The van der Waals surface area contributed by atoms with E-state index in [9.17, 15) is 18.4 Å². The van der Waals surface area contributed by atoms with Crippen molar-refractivity contribution in [3.8, 4) is 0 Å². The molecule has 2 aromatic rings. The Morgan fingerprint density at radius 1 is 1.24 bits per heavy atom. The topological polar surface area (TPSA) is 98.5 Å². The average molecular weight is 396 g/mol. The van der Waals surface area contributed by atoms with Gasteiger partial charge in [-0.05, 0) is 29.8 Å². The first-order chi connectivity index (χ1) is 14.0. The Hall–Kier alpha value is -3.95. The van der Waals surface area contributed by atoms with E-state index in [2.05, 4.69) is 26.0 Å². The molecule has 146 valence electrons. The molecule has 10 heteroatoms. The number of halogens is 2. The van der Waals surface area contributed by atoms with Crippen LogP contribution in [0, 0.1) is 11.6 Å². The van der Waals surface area contributed by atoms with Crippen LogP contribution in [0.5, 0.6) is 0 Å². The number of hydrazone groups is 2. The lowest BCUT2D eigenvalue weighted by Gasteiger charge is -2.34. The molecule has 0 saturated heterocycles. The van der Waals surface area contributed by atoms with Crippen LogP contribution in [-0.4, -0.2) is 41.1 Å². The number of benzene rings is 2. The van der Waals surface area contributed by atoms with Crippen molar-refractivity contribution < 1.29 is 18.4 Å². The highest BCUT2D eigenvalue weighted by Gasteiger charge is 2.36. The fourth-order valence-electron chi connectivity index (χ4n) is 2.93. The van der Waals surface area contributed by atoms with E-state index in [0.717, 1.165) is 17.7 Å². The molecule has 0 bridgehead atoms. The predicted octanol–water partition coefficient (Wildman–Crippen LogP) is 1.64. The molecule has 0 radical (unpaired) electrons. The molecule has 0 spiro atoms. The number of nitrogens with zero attached hydrogens (tertiary/aromatic N) is 4. The number of carbonyl (C=O) groups is 2. The second kappa shape index (κ2) is 7.58. The molecule has 29 heavy (non-hydrogen) atoms. The van der Waals surface area contributed by atoms with Gasteiger partial charge in [0.15, 0.2) is 17.5 Å². The van der Waals surface area contributed by atoms with Crippen LogP contribution in [0.15, 0.2) is 57.7 Å². The van der Waals surface area contributed by atoms with Crippen molar-refractivity contribution in [2.75, 3.05) is 0 Å². The number of nitrogens with one attached hydrogen (secondary N) is 2. The zero-order valence-electron chi connectivity index (χ0n) is 14.8. The van der Waals surface area contributed by atoms with E-state index in [1.54, 1.807) is 0 Å². The molecule has 2 amide bonds. The largest absolute Gasteiger partial charge is 0.302 e. The molecule has 1 atom stereocenters. The third kappa shape index (κ3) is 3.72. The summed E-state index contributed by atoms with van der Waals surface area (Å²) in [5, 5.41) is 7.79. The van der Waals surface area contributed by atoms with E-state index in [4.69, 9.17) is 0 Å². The van der Waals surface area contributed by atoms with E-state index in [0.29, 0.717) is 11.5 Å². The van der Waals surface area contributed by atoms with Crippen molar-refractivity contribution >= 4 is 35.9 Å². The summed E-state index contributed by atoms with van der Waals surface area (Å²) in [5.74, 6) is -2.51. The summed E-state index contributed by atoms with van der Waals surface area (Å²) in [6.07, 6.45) is 2.42. The number of amides is 2.